The van der Waals surface area contributed by atoms with Gasteiger partial charge >= 0.3 is 17.8 Å². The zero-order chi connectivity index (χ0) is 20.5. The first kappa shape index (κ1) is 19.6. The molecule has 0 unspecified atom stereocenters. The summed E-state index contributed by atoms with van der Waals surface area (Å²) in [4.78, 5) is 35.3. The fourth-order valence-electron chi connectivity index (χ4n) is 2.25. The number of nitrogens with zero attached hydrogens (tertiary/aromatic N) is 1. The molecule has 0 fully saturated rings. The molecule has 146 valence electrons. The maximum Gasteiger partial charge on any atom is 0.379 e. The van der Waals surface area contributed by atoms with Crippen LogP contribution in [0.2, 0.25) is 0 Å². The zero-order valence-corrected chi connectivity index (χ0v) is 15.2. The topological polar surface area (TPSA) is 110 Å². The number of benzene rings is 2. The fourth-order valence-corrected chi connectivity index (χ4v) is 2.25. The van der Waals surface area contributed by atoms with Crippen molar-refractivity contribution in [3.05, 3.63) is 89.9 Å². The number of carbonyl (C=O) groups is 3. The van der Waals surface area contributed by atoms with E-state index in [0.717, 1.165) is 5.56 Å². The van der Waals surface area contributed by atoms with Crippen molar-refractivity contribution in [1.82, 2.24) is 10.7 Å². The first-order valence-electron chi connectivity index (χ1n) is 8.63. The highest BCUT2D eigenvalue weighted by Crippen LogP contribution is 2.13. The average Bonchev–Trinajstić information content (AvgIpc) is 3.29. The smallest absolute Gasteiger partial charge is 0.379 e. The van der Waals surface area contributed by atoms with Crippen molar-refractivity contribution in [3.63, 3.8) is 0 Å². The predicted molar refractivity (Wildman–Crippen MR) is 104 cm³/mol. The molecule has 2 amide bonds. The molecule has 2 aromatic carbocycles. The van der Waals surface area contributed by atoms with Crippen LogP contribution in [0.5, 0.6) is 5.75 Å². The molecule has 3 rings (SSSR count). The molecule has 0 atom stereocenters. The third-order valence-electron chi connectivity index (χ3n) is 3.69. The van der Waals surface area contributed by atoms with Gasteiger partial charge < -0.3 is 14.5 Å². The molecule has 8 nitrogen and oxygen atoms in total. The second-order valence-corrected chi connectivity index (χ2v) is 5.80. The van der Waals surface area contributed by atoms with Gasteiger partial charge in [0.1, 0.15) is 5.75 Å². The van der Waals surface area contributed by atoms with E-state index in [1.807, 2.05) is 30.3 Å². The van der Waals surface area contributed by atoms with Crippen molar-refractivity contribution in [2.75, 3.05) is 0 Å². The molecule has 0 aliphatic carbocycles. The Morgan fingerprint density at radius 2 is 1.69 bits per heavy atom. The number of nitrogens with one attached hydrogen (secondary N) is 2. The molecule has 0 aliphatic rings. The lowest BCUT2D eigenvalue weighted by Crippen LogP contribution is -2.37. The van der Waals surface area contributed by atoms with Gasteiger partial charge in [-0.1, -0.05) is 30.3 Å². The second-order valence-electron chi connectivity index (χ2n) is 5.80. The first-order valence-corrected chi connectivity index (χ1v) is 8.63. The Morgan fingerprint density at radius 1 is 0.931 bits per heavy atom. The van der Waals surface area contributed by atoms with Crippen LogP contribution in [0, 0.1) is 0 Å². The normalized spacial score (nSPS) is 10.5. The van der Waals surface area contributed by atoms with Gasteiger partial charge in [0.15, 0.2) is 0 Å². The summed E-state index contributed by atoms with van der Waals surface area (Å²) in [5.74, 6) is -1.84. The summed E-state index contributed by atoms with van der Waals surface area (Å²) in [7, 11) is 0. The van der Waals surface area contributed by atoms with Crippen molar-refractivity contribution in [1.29, 1.82) is 0 Å². The van der Waals surface area contributed by atoms with E-state index >= 15 is 0 Å². The van der Waals surface area contributed by atoms with E-state index in [2.05, 4.69) is 15.8 Å². The molecular weight excluding hydrogens is 374 g/mol. The van der Waals surface area contributed by atoms with Gasteiger partial charge in [-0.3, -0.25) is 9.59 Å². The number of hydrogen-bond acceptors (Lipinski definition) is 6. The number of hydrogen-bond donors (Lipinski definition) is 2. The van der Waals surface area contributed by atoms with Gasteiger partial charge in [-0.15, -0.1) is 0 Å². The summed E-state index contributed by atoms with van der Waals surface area (Å²) in [6, 6.07) is 18.7. The van der Waals surface area contributed by atoms with Crippen LogP contribution in [0.25, 0.3) is 0 Å². The van der Waals surface area contributed by atoms with Crippen LogP contribution >= 0.6 is 0 Å². The molecule has 2 N–H and O–H groups in total. The minimum atomic E-state index is -0.874. The molecule has 0 bridgehead atoms. The fraction of sp³-hybridized carbons (Fsp3) is 0.0476. The Morgan fingerprint density at radius 3 is 2.38 bits per heavy atom. The number of rotatable bonds is 6. The molecule has 1 aromatic heterocycles. The molecule has 0 spiro atoms. The van der Waals surface area contributed by atoms with Crippen LogP contribution in [0.4, 0.5) is 0 Å². The van der Waals surface area contributed by atoms with Crippen LogP contribution in [0.15, 0.2) is 82.5 Å². The van der Waals surface area contributed by atoms with E-state index in [1.165, 1.54) is 18.5 Å². The lowest BCUT2D eigenvalue weighted by atomic mass is 10.2. The van der Waals surface area contributed by atoms with Crippen molar-refractivity contribution in [2.45, 2.75) is 6.54 Å². The Balaban J connectivity index is 1.45. The predicted octanol–water partition coefficient (Wildman–Crippen LogP) is 2.27. The number of ether oxygens (including phenoxy) is 1. The van der Waals surface area contributed by atoms with Crippen LogP contribution < -0.4 is 15.5 Å². The van der Waals surface area contributed by atoms with Gasteiger partial charge in [-0.25, -0.2) is 10.2 Å². The molecule has 1 heterocycles. The summed E-state index contributed by atoms with van der Waals surface area (Å²) < 4.78 is 10.1. The Labute approximate surface area is 166 Å². The summed E-state index contributed by atoms with van der Waals surface area (Å²) in [6.07, 6.45) is 2.74. The number of carbonyl (C=O) groups excluding carboxylic acids is 3. The van der Waals surface area contributed by atoms with Crippen molar-refractivity contribution >= 4 is 24.0 Å². The van der Waals surface area contributed by atoms with Crippen molar-refractivity contribution in [3.8, 4) is 5.75 Å². The second kappa shape index (κ2) is 9.65. The maximum absolute atomic E-state index is 11.8. The highest BCUT2D eigenvalue weighted by atomic mass is 16.5. The van der Waals surface area contributed by atoms with E-state index in [9.17, 15) is 14.4 Å². The molecule has 8 heteroatoms. The summed E-state index contributed by atoms with van der Waals surface area (Å²) in [6.45, 7) is 0.245. The molecule has 29 heavy (non-hydrogen) atoms. The van der Waals surface area contributed by atoms with Crippen LogP contribution in [-0.4, -0.2) is 24.0 Å². The number of hydrazone groups is 1. The van der Waals surface area contributed by atoms with Crippen molar-refractivity contribution < 1.29 is 23.5 Å². The lowest BCUT2D eigenvalue weighted by molar-refractivity contribution is -0.139. The van der Waals surface area contributed by atoms with Crippen LogP contribution in [0.3, 0.4) is 0 Å². The summed E-state index contributed by atoms with van der Waals surface area (Å²) in [5, 5.41) is 6.24. The molecule has 0 saturated heterocycles. The highest BCUT2D eigenvalue weighted by Gasteiger charge is 2.12. The van der Waals surface area contributed by atoms with Crippen LogP contribution in [-0.2, 0) is 16.1 Å². The van der Waals surface area contributed by atoms with Gasteiger partial charge in [0.25, 0.3) is 0 Å². The van der Waals surface area contributed by atoms with Crippen molar-refractivity contribution in [2.24, 2.45) is 5.10 Å². The first-order chi connectivity index (χ1) is 14.1. The van der Waals surface area contributed by atoms with Gasteiger partial charge in [0, 0.05) is 6.54 Å². The number of furan rings is 1. The molecule has 0 radical (unpaired) electrons. The summed E-state index contributed by atoms with van der Waals surface area (Å²) >= 11 is 0. The quantitative estimate of drug-likeness (QED) is 0.220. The Hall–Kier alpha value is -4.20. The monoisotopic (exact) mass is 391 g/mol. The minimum Gasteiger partial charge on any atom is -0.457 e. The van der Waals surface area contributed by atoms with E-state index in [0.29, 0.717) is 11.3 Å². The van der Waals surface area contributed by atoms with Crippen LogP contribution in [0.1, 0.15) is 21.7 Å². The van der Waals surface area contributed by atoms with E-state index in [1.54, 1.807) is 30.3 Å². The number of amides is 2. The number of esters is 1. The minimum absolute atomic E-state index is 0.101. The molecule has 0 aliphatic heterocycles. The average molecular weight is 391 g/mol. The van der Waals surface area contributed by atoms with Gasteiger partial charge in [0.05, 0.1) is 12.5 Å². The third-order valence-corrected chi connectivity index (χ3v) is 3.69. The van der Waals surface area contributed by atoms with E-state index in [-0.39, 0.29) is 12.3 Å². The summed E-state index contributed by atoms with van der Waals surface area (Å²) in [5.41, 5.74) is 3.67. The van der Waals surface area contributed by atoms with Gasteiger partial charge in [0.2, 0.25) is 5.76 Å². The van der Waals surface area contributed by atoms with Gasteiger partial charge in [-0.2, -0.15) is 5.10 Å². The highest BCUT2D eigenvalue weighted by molar-refractivity contribution is 6.35. The largest absolute Gasteiger partial charge is 0.457 e. The standard InChI is InChI=1S/C21H17N3O5/c25-19(22-13-15-5-2-1-3-6-15)20(26)24-23-14-16-8-10-17(11-9-16)29-21(27)18-7-4-12-28-18/h1-12,14H,13H2,(H,22,25)(H,24,26)/b23-14+. The molecule has 3 aromatic rings. The van der Waals surface area contributed by atoms with E-state index < -0.39 is 17.8 Å². The molecular formula is C21H17N3O5. The third kappa shape index (κ3) is 5.90. The maximum atomic E-state index is 11.8. The Kier molecular flexibility index (Phi) is 6.51. The zero-order valence-electron chi connectivity index (χ0n) is 15.2. The lowest BCUT2D eigenvalue weighted by Gasteiger charge is -2.04. The van der Waals surface area contributed by atoms with Gasteiger partial charge in [-0.05, 0) is 47.5 Å². The SMILES string of the molecule is O=C(NCc1ccccc1)C(=O)N/N=C/c1ccc(OC(=O)c2ccco2)cc1. The molecule has 0 saturated carbocycles. The Bertz CT molecular complexity index is 997. The van der Waals surface area contributed by atoms with E-state index in [4.69, 9.17) is 9.15 Å².